The number of benzene rings is 2. The van der Waals surface area contributed by atoms with Crippen LogP contribution >= 0.6 is 11.6 Å². The Morgan fingerprint density at radius 3 is 2.92 bits per heavy atom. The smallest absolute Gasteiger partial charge is 0.270 e. The van der Waals surface area contributed by atoms with E-state index < -0.39 is 10.8 Å². The van der Waals surface area contributed by atoms with Crippen molar-refractivity contribution in [3.63, 3.8) is 0 Å². The van der Waals surface area contributed by atoms with Gasteiger partial charge in [-0.15, -0.1) is 0 Å². The van der Waals surface area contributed by atoms with Gasteiger partial charge in [0.1, 0.15) is 12.4 Å². The summed E-state index contributed by atoms with van der Waals surface area (Å²) in [4.78, 5) is 22.8. The number of nitrogens with one attached hydrogen (secondary N) is 1. The highest BCUT2D eigenvalue weighted by Gasteiger charge is 2.18. The quantitative estimate of drug-likeness (QED) is 0.606. The number of hydrogen-bond acceptors (Lipinski definition) is 5. The number of anilines is 1. The second-order valence-electron chi connectivity index (χ2n) is 5.85. The number of nitro groups is 1. The molecule has 8 heteroatoms. The Hall–Kier alpha value is -2.64. The number of nitrogens with zero attached hydrogens (tertiary/aromatic N) is 1. The fraction of sp³-hybridized carbons (Fsp3) is 0.278. The number of hydrogen-bond donors (Lipinski definition) is 1. The summed E-state index contributed by atoms with van der Waals surface area (Å²) in [5.74, 6) is -0.0263. The lowest BCUT2D eigenvalue weighted by atomic mass is 10.2. The number of amides is 1. The number of rotatable bonds is 6. The lowest BCUT2D eigenvalue weighted by molar-refractivity contribution is -0.384. The third-order valence-electron chi connectivity index (χ3n) is 3.96. The molecule has 0 aliphatic carbocycles. The van der Waals surface area contributed by atoms with E-state index >= 15 is 0 Å². The second-order valence-corrected chi connectivity index (χ2v) is 6.28. The van der Waals surface area contributed by atoms with E-state index in [1.54, 1.807) is 18.2 Å². The molecule has 1 fully saturated rings. The number of ether oxygens (including phenoxy) is 2. The molecule has 2 aromatic carbocycles. The molecule has 2 aromatic rings. The van der Waals surface area contributed by atoms with Crippen molar-refractivity contribution in [3.05, 3.63) is 63.2 Å². The number of halogens is 1. The summed E-state index contributed by atoms with van der Waals surface area (Å²) < 4.78 is 11.3. The maximum absolute atomic E-state index is 12.5. The van der Waals surface area contributed by atoms with E-state index in [1.165, 1.54) is 24.3 Å². The maximum atomic E-state index is 12.5. The van der Waals surface area contributed by atoms with Gasteiger partial charge >= 0.3 is 0 Å². The van der Waals surface area contributed by atoms with E-state index in [0.29, 0.717) is 23.1 Å². The first-order chi connectivity index (χ1) is 12.5. The van der Waals surface area contributed by atoms with Gasteiger partial charge in [-0.25, -0.2) is 0 Å². The van der Waals surface area contributed by atoms with Gasteiger partial charge in [0.05, 0.1) is 16.7 Å². The molecule has 0 radical (unpaired) electrons. The number of carbonyl (C=O) groups excluding carboxylic acids is 1. The van der Waals surface area contributed by atoms with Crippen LogP contribution < -0.4 is 10.1 Å². The van der Waals surface area contributed by atoms with E-state index in [2.05, 4.69) is 5.32 Å². The first kappa shape index (κ1) is 18.2. The highest BCUT2D eigenvalue weighted by atomic mass is 35.5. The van der Waals surface area contributed by atoms with Crippen molar-refractivity contribution in [1.29, 1.82) is 0 Å². The van der Waals surface area contributed by atoms with Gasteiger partial charge in [-0.3, -0.25) is 14.9 Å². The summed E-state index contributed by atoms with van der Waals surface area (Å²) in [6.07, 6.45) is 1.97. The number of carbonyl (C=O) groups is 1. The van der Waals surface area contributed by atoms with Gasteiger partial charge in [0.15, 0.2) is 0 Å². The molecule has 1 unspecified atom stereocenters. The molecule has 26 heavy (non-hydrogen) atoms. The van der Waals surface area contributed by atoms with Crippen LogP contribution in [0.4, 0.5) is 11.4 Å². The van der Waals surface area contributed by atoms with Crippen LogP contribution in [0.3, 0.4) is 0 Å². The normalized spacial score (nSPS) is 16.3. The molecule has 1 saturated heterocycles. The number of nitro benzene ring substituents is 1. The molecule has 0 aromatic heterocycles. The van der Waals surface area contributed by atoms with E-state index in [1.807, 2.05) is 0 Å². The van der Waals surface area contributed by atoms with Gasteiger partial charge in [0.2, 0.25) is 0 Å². The van der Waals surface area contributed by atoms with Gasteiger partial charge in [-0.2, -0.15) is 0 Å². The summed E-state index contributed by atoms with van der Waals surface area (Å²) in [5.41, 5.74) is 0.412. The van der Waals surface area contributed by atoms with Crippen molar-refractivity contribution >= 4 is 28.9 Å². The predicted octanol–water partition coefficient (Wildman–Crippen LogP) is 4.06. The topological polar surface area (TPSA) is 90.7 Å². The van der Waals surface area contributed by atoms with Crippen LogP contribution in [0, 0.1) is 10.1 Å². The van der Waals surface area contributed by atoms with Crippen molar-refractivity contribution in [3.8, 4) is 5.75 Å². The zero-order valence-corrected chi connectivity index (χ0v) is 14.6. The van der Waals surface area contributed by atoms with E-state index in [4.69, 9.17) is 21.1 Å². The zero-order valence-electron chi connectivity index (χ0n) is 13.8. The minimum atomic E-state index is -0.549. The van der Waals surface area contributed by atoms with Crippen LogP contribution in [0.1, 0.15) is 23.2 Å². The SMILES string of the molecule is O=C(Nc1cc(Cl)ccc1OCC1CCCO1)c1cccc([N+](=O)[O-])c1. The molecule has 1 aliphatic rings. The molecule has 1 heterocycles. The van der Waals surface area contributed by atoms with Crippen molar-refractivity contribution in [1.82, 2.24) is 0 Å². The summed E-state index contributed by atoms with van der Waals surface area (Å²) in [7, 11) is 0. The van der Waals surface area contributed by atoms with Crippen LogP contribution in [-0.4, -0.2) is 30.1 Å². The molecule has 3 rings (SSSR count). The van der Waals surface area contributed by atoms with Crippen LogP contribution in [0.5, 0.6) is 5.75 Å². The maximum Gasteiger partial charge on any atom is 0.270 e. The van der Waals surface area contributed by atoms with Crippen LogP contribution in [0.15, 0.2) is 42.5 Å². The Kier molecular flexibility index (Phi) is 5.70. The Bertz CT molecular complexity index is 821. The second kappa shape index (κ2) is 8.16. The molecule has 0 spiro atoms. The van der Waals surface area contributed by atoms with Gasteiger partial charge in [-0.05, 0) is 37.1 Å². The van der Waals surface area contributed by atoms with Gasteiger partial charge < -0.3 is 14.8 Å². The fourth-order valence-corrected chi connectivity index (χ4v) is 2.81. The van der Waals surface area contributed by atoms with Crippen LogP contribution in [-0.2, 0) is 4.74 Å². The van der Waals surface area contributed by atoms with Crippen LogP contribution in [0.2, 0.25) is 5.02 Å². The molecular weight excluding hydrogens is 360 g/mol. The monoisotopic (exact) mass is 376 g/mol. The molecule has 136 valence electrons. The molecule has 0 bridgehead atoms. The Morgan fingerprint density at radius 1 is 1.35 bits per heavy atom. The molecule has 1 N–H and O–H groups in total. The highest BCUT2D eigenvalue weighted by molar-refractivity contribution is 6.31. The standard InChI is InChI=1S/C18H17ClN2O5/c19-13-6-7-17(26-11-15-5-2-8-25-15)16(10-13)20-18(22)12-3-1-4-14(9-12)21(23)24/h1,3-4,6-7,9-10,15H,2,5,8,11H2,(H,20,22). The Morgan fingerprint density at radius 2 is 2.19 bits per heavy atom. The summed E-state index contributed by atoms with van der Waals surface area (Å²) in [6.45, 7) is 1.10. The van der Waals surface area contributed by atoms with Crippen molar-refractivity contribution in [2.45, 2.75) is 18.9 Å². The molecule has 1 atom stereocenters. The molecule has 7 nitrogen and oxygen atoms in total. The highest BCUT2D eigenvalue weighted by Crippen LogP contribution is 2.29. The Balaban J connectivity index is 1.75. The minimum absolute atomic E-state index is 0.0333. The largest absolute Gasteiger partial charge is 0.489 e. The molecule has 1 amide bonds. The van der Waals surface area contributed by atoms with Gasteiger partial charge in [0.25, 0.3) is 11.6 Å². The third-order valence-corrected chi connectivity index (χ3v) is 4.19. The zero-order chi connectivity index (χ0) is 18.5. The van der Waals surface area contributed by atoms with Gasteiger partial charge in [0, 0.05) is 29.3 Å². The van der Waals surface area contributed by atoms with E-state index in [-0.39, 0.29) is 17.4 Å². The first-order valence-corrected chi connectivity index (χ1v) is 8.50. The summed E-state index contributed by atoms with van der Waals surface area (Å²) in [6, 6.07) is 10.4. The minimum Gasteiger partial charge on any atom is -0.489 e. The van der Waals surface area contributed by atoms with Crippen molar-refractivity contribution in [2.75, 3.05) is 18.5 Å². The third kappa shape index (κ3) is 4.50. The molecule has 1 aliphatic heterocycles. The lowest BCUT2D eigenvalue weighted by Gasteiger charge is -2.15. The first-order valence-electron chi connectivity index (χ1n) is 8.12. The van der Waals surface area contributed by atoms with Crippen LogP contribution in [0.25, 0.3) is 0 Å². The van der Waals surface area contributed by atoms with Crippen molar-refractivity contribution < 1.29 is 19.2 Å². The lowest BCUT2D eigenvalue weighted by Crippen LogP contribution is -2.18. The number of non-ortho nitro benzene ring substituents is 1. The average Bonchev–Trinajstić information content (AvgIpc) is 3.14. The van der Waals surface area contributed by atoms with Gasteiger partial charge in [-0.1, -0.05) is 17.7 Å². The summed E-state index contributed by atoms with van der Waals surface area (Å²) >= 11 is 6.02. The van der Waals surface area contributed by atoms with E-state index in [9.17, 15) is 14.9 Å². The summed E-state index contributed by atoms with van der Waals surface area (Å²) in [5, 5.41) is 14.0. The Labute approximate surface area is 155 Å². The predicted molar refractivity (Wildman–Crippen MR) is 97.0 cm³/mol. The molecule has 0 saturated carbocycles. The average molecular weight is 377 g/mol. The fourth-order valence-electron chi connectivity index (χ4n) is 2.64. The molecular formula is C18H17ClN2O5. The van der Waals surface area contributed by atoms with E-state index in [0.717, 1.165) is 19.4 Å². The van der Waals surface area contributed by atoms with Crippen molar-refractivity contribution in [2.24, 2.45) is 0 Å².